The van der Waals surface area contributed by atoms with Gasteiger partial charge in [-0.15, -0.1) is 0 Å². The number of aliphatic imine (C=N–C) groups is 1. The summed E-state index contributed by atoms with van der Waals surface area (Å²) in [6.07, 6.45) is 0. The van der Waals surface area contributed by atoms with Gasteiger partial charge in [-0.3, -0.25) is 4.79 Å². The van der Waals surface area contributed by atoms with E-state index >= 15 is 0 Å². The van der Waals surface area contributed by atoms with Crippen molar-refractivity contribution in [3.63, 3.8) is 0 Å². The van der Waals surface area contributed by atoms with E-state index in [4.69, 9.17) is 4.74 Å². The van der Waals surface area contributed by atoms with E-state index < -0.39 is 15.3 Å². The molecule has 2 heterocycles. The Hall–Kier alpha value is -1.54. The van der Waals surface area contributed by atoms with Crippen molar-refractivity contribution in [3.8, 4) is 5.75 Å². The molecule has 0 aliphatic carbocycles. The topological polar surface area (TPSA) is 76.0 Å². The van der Waals surface area contributed by atoms with Crippen LogP contribution in [0, 0.1) is 5.41 Å². The number of nitrogens with zero attached hydrogens (tertiary/aromatic N) is 2. The zero-order chi connectivity index (χ0) is 19.1. The first-order valence-corrected chi connectivity index (χ1v) is 11.2. The lowest BCUT2D eigenvalue weighted by molar-refractivity contribution is -0.124. The molecule has 0 N–H and O–H groups in total. The first kappa shape index (κ1) is 19.2. The molecular formula is C18H24N2O4S2. The molecular weight excluding hydrogens is 372 g/mol. The van der Waals surface area contributed by atoms with Gasteiger partial charge < -0.3 is 9.64 Å². The molecule has 0 unspecified atom stereocenters. The molecule has 8 heteroatoms. The quantitative estimate of drug-likeness (QED) is 0.781. The summed E-state index contributed by atoms with van der Waals surface area (Å²) in [7, 11) is -1.44. The highest BCUT2D eigenvalue weighted by Crippen LogP contribution is 2.39. The summed E-state index contributed by atoms with van der Waals surface area (Å²) >= 11 is 1.41. The van der Waals surface area contributed by atoms with Gasteiger partial charge in [-0.1, -0.05) is 44.7 Å². The molecule has 2 atom stereocenters. The zero-order valence-corrected chi connectivity index (χ0v) is 17.1. The molecule has 1 aromatic rings. The Labute approximate surface area is 158 Å². The molecule has 0 saturated carbocycles. The Bertz CT molecular complexity index is 843. The zero-order valence-electron chi connectivity index (χ0n) is 15.4. The SMILES string of the molecule is COc1cccc(CN2C(=NC(=O)C(C)(C)C)S[C@H]3CS(=O)(=O)C[C@@H]32)c1. The van der Waals surface area contributed by atoms with Gasteiger partial charge in [0.25, 0.3) is 5.91 Å². The monoisotopic (exact) mass is 396 g/mol. The molecule has 142 valence electrons. The van der Waals surface area contributed by atoms with E-state index in [9.17, 15) is 13.2 Å². The number of carbonyl (C=O) groups excluding carboxylic acids is 1. The second-order valence-electron chi connectivity index (χ2n) is 7.73. The van der Waals surface area contributed by atoms with Gasteiger partial charge in [0.1, 0.15) is 5.75 Å². The van der Waals surface area contributed by atoms with Crippen LogP contribution < -0.4 is 4.74 Å². The van der Waals surface area contributed by atoms with Crippen molar-refractivity contribution in [2.75, 3.05) is 18.6 Å². The van der Waals surface area contributed by atoms with Crippen molar-refractivity contribution in [1.82, 2.24) is 4.90 Å². The van der Waals surface area contributed by atoms with Gasteiger partial charge in [0, 0.05) is 17.2 Å². The summed E-state index contributed by atoms with van der Waals surface area (Å²) in [6.45, 7) is 5.99. The number of methoxy groups -OCH3 is 1. The third kappa shape index (κ3) is 4.06. The van der Waals surface area contributed by atoms with Crippen molar-refractivity contribution >= 4 is 32.7 Å². The van der Waals surface area contributed by atoms with Gasteiger partial charge in [0.15, 0.2) is 15.0 Å². The molecule has 0 aromatic heterocycles. The van der Waals surface area contributed by atoms with Crippen LogP contribution in [0.5, 0.6) is 5.75 Å². The van der Waals surface area contributed by atoms with Gasteiger partial charge >= 0.3 is 0 Å². The molecule has 0 radical (unpaired) electrons. The van der Waals surface area contributed by atoms with Gasteiger partial charge in [-0.25, -0.2) is 8.42 Å². The summed E-state index contributed by atoms with van der Waals surface area (Å²) < 4.78 is 29.4. The Morgan fingerprint density at radius 2 is 2.08 bits per heavy atom. The van der Waals surface area contributed by atoms with Crippen LogP contribution in [0.1, 0.15) is 26.3 Å². The summed E-state index contributed by atoms with van der Waals surface area (Å²) in [4.78, 5) is 18.7. The minimum atomic E-state index is -3.05. The van der Waals surface area contributed by atoms with Crippen LogP contribution in [0.15, 0.2) is 29.3 Å². The van der Waals surface area contributed by atoms with Crippen LogP contribution in [0.25, 0.3) is 0 Å². The lowest BCUT2D eigenvalue weighted by atomic mass is 9.96. The number of amides is 1. The number of benzene rings is 1. The molecule has 2 saturated heterocycles. The standard InChI is InChI=1S/C18H24N2O4S2/c1-18(2,3)16(21)19-17-20(9-12-6-5-7-13(8-12)24-4)14-10-26(22,23)11-15(14)25-17/h5-8,14-15H,9-11H2,1-4H3/t14-,15-/m0/s1. The van der Waals surface area contributed by atoms with Crippen molar-refractivity contribution in [2.45, 2.75) is 38.6 Å². The maximum Gasteiger partial charge on any atom is 0.253 e. The van der Waals surface area contributed by atoms with Gasteiger partial charge in [-0.2, -0.15) is 4.99 Å². The Balaban J connectivity index is 1.92. The van der Waals surface area contributed by atoms with E-state index in [1.54, 1.807) is 7.11 Å². The number of sulfone groups is 1. The number of hydrogen-bond donors (Lipinski definition) is 0. The number of amidine groups is 1. The fraction of sp³-hybridized carbons (Fsp3) is 0.556. The molecule has 26 heavy (non-hydrogen) atoms. The van der Waals surface area contributed by atoms with Crippen LogP contribution in [0.2, 0.25) is 0 Å². The molecule has 0 bridgehead atoms. The van der Waals surface area contributed by atoms with Gasteiger partial charge in [0.05, 0.1) is 24.7 Å². The normalized spacial score (nSPS) is 26.2. The average molecular weight is 397 g/mol. The molecule has 1 amide bonds. The molecule has 6 nitrogen and oxygen atoms in total. The third-order valence-electron chi connectivity index (χ3n) is 4.50. The van der Waals surface area contributed by atoms with Crippen molar-refractivity contribution in [2.24, 2.45) is 10.4 Å². The summed E-state index contributed by atoms with van der Waals surface area (Å²) in [6, 6.07) is 7.50. The first-order chi connectivity index (χ1) is 12.1. The smallest absolute Gasteiger partial charge is 0.253 e. The molecule has 1 aromatic carbocycles. The largest absolute Gasteiger partial charge is 0.497 e. The number of thioether (sulfide) groups is 1. The van der Waals surface area contributed by atoms with E-state index in [1.165, 1.54) is 11.8 Å². The number of ether oxygens (including phenoxy) is 1. The Morgan fingerprint density at radius 3 is 2.73 bits per heavy atom. The van der Waals surface area contributed by atoms with Crippen molar-refractivity contribution < 1.29 is 17.9 Å². The van der Waals surface area contributed by atoms with E-state index in [-0.39, 0.29) is 28.7 Å². The molecule has 0 spiro atoms. The minimum absolute atomic E-state index is 0.0721. The van der Waals surface area contributed by atoms with Crippen LogP contribution in [0.3, 0.4) is 0 Å². The Morgan fingerprint density at radius 1 is 1.35 bits per heavy atom. The van der Waals surface area contributed by atoms with Crippen molar-refractivity contribution in [1.29, 1.82) is 0 Å². The van der Waals surface area contributed by atoms with Gasteiger partial charge in [-0.05, 0) is 17.7 Å². The van der Waals surface area contributed by atoms with Crippen molar-refractivity contribution in [3.05, 3.63) is 29.8 Å². The fourth-order valence-electron chi connectivity index (χ4n) is 3.04. The summed E-state index contributed by atoms with van der Waals surface area (Å²) in [5.74, 6) is 0.796. The maximum atomic E-state index is 12.4. The molecule has 2 aliphatic rings. The highest BCUT2D eigenvalue weighted by Gasteiger charge is 2.48. The van der Waals surface area contributed by atoms with Crippen LogP contribution >= 0.6 is 11.8 Å². The second-order valence-corrected chi connectivity index (χ2v) is 11.1. The summed E-state index contributed by atoms with van der Waals surface area (Å²) in [5.41, 5.74) is 0.421. The average Bonchev–Trinajstić information content (AvgIpc) is 2.99. The van der Waals surface area contributed by atoms with Gasteiger partial charge in [0.2, 0.25) is 0 Å². The predicted octanol–water partition coefficient (Wildman–Crippen LogP) is 2.34. The number of carbonyl (C=O) groups is 1. The highest BCUT2D eigenvalue weighted by molar-refractivity contribution is 8.15. The second kappa shape index (κ2) is 6.88. The predicted molar refractivity (Wildman–Crippen MR) is 104 cm³/mol. The lowest BCUT2D eigenvalue weighted by Gasteiger charge is -2.25. The Kier molecular flexibility index (Phi) is 5.09. The number of fused-ring (bicyclic) bond motifs is 1. The molecule has 3 rings (SSSR count). The lowest BCUT2D eigenvalue weighted by Crippen LogP contribution is -2.37. The van der Waals surface area contributed by atoms with E-state index in [2.05, 4.69) is 4.99 Å². The van der Waals surface area contributed by atoms with E-state index in [0.29, 0.717) is 11.7 Å². The summed E-state index contributed by atoms with van der Waals surface area (Å²) in [5, 5.41) is 0.551. The van der Waals surface area contributed by atoms with Crippen LogP contribution in [0.4, 0.5) is 0 Å². The fourth-order valence-corrected chi connectivity index (χ4v) is 6.99. The maximum absolute atomic E-state index is 12.4. The first-order valence-electron chi connectivity index (χ1n) is 8.49. The molecule has 2 fully saturated rings. The van der Waals surface area contributed by atoms with Crippen LogP contribution in [-0.4, -0.2) is 54.3 Å². The highest BCUT2D eigenvalue weighted by atomic mass is 32.2. The number of rotatable bonds is 3. The molecule has 2 aliphatic heterocycles. The number of hydrogen-bond acceptors (Lipinski definition) is 5. The van der Waals surface area contributed by atoms with E-state index in [1.807, 2.05) is 49.9 Å². The third-order valence-corrected chi connectivity index (χ3v) is 7.75. The van der Waals surface area contributed by atoms with E-state index in [0.717, 1.165) is 11.3 Å². The van der Waals surface area contributed by atoms with Crippen LogP contribution in [-0.2, 0) is 21.2 Å². The minimum Gasteiger partial charge on any atom is -0.497 e.